The van der Waals surface area contributed by atoms with Gasteiger partial charge in [0.1, 0.15) is 6.10 Å². The zero-order valence-electron chi connectivity index (χ0n) is 11.6. The molecular formula is C12H26O3Si. The molecule has 96 valence electrons. The van der Waals surface area contributed by atoms with Crippen LogP contribution in [0.1, 0.15) is 34.6 Å². The summed E-state index contributed by atoms with van der Waals surface area (Å²) in [7, 11) is -1.84. The fourth-order valence-electron chi connectivity index (χ4n) is 1.57. The number of aliphatic hydroxyl groups is 1. The maximum Gasteiger partial charge on any atom is 0.192 e. The van der Waals surface area contributed by atoms with Gasteiger partial charge in [0.15, 0.2) is 14.6 Å². The van der Waals surface area contributed by atoms with Crippen LogP contribution in [0.4, 0.5) is 0 Å². The lowest BCUT2D eigenvalue weighted by Crippen LogP contribution is -2.49. The van der Waals surface area contributed by atoms with E-state index in [2.05, 4.69) is 47.7 Å². The number of aliphatic hydroxyl groups excluding tert-OH is 1. The zero-order valence-corrected chi connectivity index (χ0v) is 12.6. The molecule has 0 radical (unpaired) electrons. The maximum atomic E-state index is 9.83. The summed E-state index contributed by atoms with van der Waals surface area (Å²) in [6.45, 7) is 15.7. The van der Waals surface area contributed by atoms with Gasteiger partial charge in [-0.1, -0.05) is 34.6 Å². The molecule has 1 saturated heterocycles. The maximum absolute atomic E-state index is 9.83. The van der Waals surface area contributed by atoms with E-state index in [1.807, 2.05) is 0 Å². The first kappa shape index (κ1) is 14.2. The summed E-state index contributed by atoms with van der Waals surface area (Å²) >= 11 is 0. The van der Waals surface area contributed by atoms with Crippen LogP contribution in [0.25, 0.3) is 0 Å². The van der Waals surface area contributed by atoms with E-state index in [4.69, 9.17) is 9.16 Å². The van der Waals surface area contributed by atoms with Crippen molar-refractivity contribution in [2.24, 2.45) is 5.41 Å². The summed E-state index contributed by atoms with van der Waals surface area (Å²) in [6, 6.07) is 0. The van der Waals surface area contributed by atoms with Gasteiger partial charge in [-0.3, -0.25) is 0 Å². The SMILES string of the molecule is CC1(C)COC(O)[C@@H]1O[Si](C)(C)C(C)(C)C. The largest absolute Gasteiger partial charge is 0.408 e. The van der Waals surface area contributed by atoms with Gasteiger partial charge in [0, 0.05) is 5.41 Å². The lowest BCUT2D eigenvalue weighted by molar-refractivity contribution is -0.107. The van der Waals surface area contributed by atoms with Crippen molar-refractivity contribution in [1.82, 2.24) is 0 Å². The molecular weight excluding hydrogens is 220 g/mol. The fraction of sp³-hybridized carbons (Fsp3) is 1.00. The molecule has 0 amide bonds. The van der Waals surface area contributed by atoms with E-state index >= 15 is 0 Å². The van der Waals surface area contributed by atoms with Crippen molar-refractivity contribution < 1.29 is 14.3 Å². The summed E-state index contributed by atoms with van der Waals surface area (Å²) in [5.41, 5.74) is -0.102. The highest BCUT2D eigenvalue weighted by molar-refractivity contribution is 6.74. The van der Waals surface area contributed by atoms with Gasteiger partial charge in [0.25, 0.3) is 0 Å². The molecule has 16 heavy (non-hydrogen) atoms. The predicted molar refractivity (Wildman–Crippen MR) is 67.8 cm³/mol. The van der Waals surface area contributed by atoms with E-state index in [0.717, 1.165) is 0 Å². The molecule has 1 fully saturated rings. The van der Waals surface area contributed by atoms with E-state index in [1.165, 1.54) is 0 Å². The fourth-order valence-corrected chi connectivity index (χ4v) is 2.99. The van der Waals surface area contributed by atoms with Gasteiger partial charge < -0.3 is 14.3 Å². The van der Waals surface area contributed by atoms with Gasteiger partial charge in [-0.05, 0) is 18.1 Å². The van der Waals surface area contributed by atoms with Crippen LogP contribution in [-0.4, -0.2) is 32.4 Å². The highest BCUT2D eigenvalue weighted by atomic mass is 28.4. The second kappa shape index (κ2) is 4.09. The standard InChI is InChI=1S/C12H26O3Si/c1-11(2,3)16(6,7)15-9-10(13)14-8-12(9,4)5/h9-10,13H,8H2,1-7H3/t9-,10?/m0/s1. The Morgan fingerprint density at radius 2 is 1.81 bits per heavy atom. The first-order chi connectivity index (χ1) is 6.97. The average molecular weight is 246 g/mol. The molecule has 1 aliphatic rings. The molecule has 0 bridgehead atoms. The Morgan fingerprint density at radius 3 is 2.12 bits per heavy atom. The van der Waals surface area contributed by atoms with Gasteiger partial charge in [0.05, 0.1) is 6.61 Å². The molecule has 1 rings (SSSR count). The van der Waals surface area contributed by atoms with Gasteiger partial charge in [-0.25, -0.2) is 0 Å². The third-order valence-corrected chi connectivity index (χ3v) is 8.34. The molecule has 3 nitrogen and oxygen atoms in total. The summed E-state index contributed by atoms with van der Waals surface area (Å²) in [6.07, 6.45) is -0.975. The number of hydrogen-bond acceptors (Lipinski definition) is 3. The molecule has 2 atom stereocenters. The van der Waals surface area contributed by atoms with Crippen molar-refractivity contribution in [2.75, 3.05) is 6.61 Å². The van der Waals surface area contributed by atoms with Crippen LogP contribution >= 0.6 is 0 Å². The van der Waals surface area contributed by atoms with Crippen LogP contribution in [0.15, 0.2) is 0 Å². The molecule has 0 aromatic heterocycles. The lowest BCUT2D eigenvalue weighted by Gasteiger charge is -2.41. The van der Waals surface area contributed by atoms with Crippen LogP contribution in [0.3, 0.4) is 0 Å². The van der Waals surface area contributed by atoms with Crippen molar-refractivity contribution in [1.29, 1.82) is 0 Å². The van der Waals surface area contributed by atoms with Crippen molar-refractivity contribution in [3.8, 4) is 0 Å². The van der Waals surface area contributed by atoms with Crippen LogP contribution in [0.2, 0.25) is 18.1 Å². The molecule has 1 aliphatic heterocycles. The van der Waals surface area contributed by atoms with Gasteiger partial charge in [-0.2, -0.15) is 0 Å². The van der Waals surface area contributed by atoms with E-state index in [1.54, 1.807) is 0 Å². The Bertz CT molecular complexity index is 255. The Labute approximate surface area is 100 Å². The molecule has 1 N–H and O–H groups in total. The number of rotatable bonds is 2. The van der Waals surface area contributed by atoms with Crippen LogP contribution in [-0.2, 0) is 9.16 Å². The predicted octanol–water partition coefficient (Wildman–Crippen LogP) is 2.75. The van der Waals surface area contributed by atoms with Crippen molar-refractivity contribution >= 4 is 8.32 Å². The average Bonchev–Trinajstić information content (AvgIpc) is 2.29. The van der Waals surface area contributed by atoms with Gasteiger partial charge in [-0.15, -0.1) is 0 Å². The third-order valence-electron chi connectivity index (χ3n) is 3.88. The second-order valence-electron chi connectivity index (χ2n) is 6.99. The molecule has 0 spiro atoms. The smallest absolute Gasteiger partial charge is 0.192 e. The van der Waals surface area contributed by atoms with Crippen LogP contribution in [0, 0.1) is 5.41 Å². The Morgan fingerprint density at radius 1 is 1.31 bits per heavy atom. The highest BCUT2D eigenvalue weighted by Crippen LogP contribution is 2.42. The Balaban J connectivity index is 2.81. The monoisotopic (exact) mass is 246 g/mol. The summed E-state index contributed by atoms with van der Waals surface area (Å²) in [5.74, 6) is 0. The Kier molecular flexibility index (Phi) is 3.62. The molecule has 0 aliphatic carbocycles. The van der Waals surface area contributed by atoms with Crippen molar-refractivity contribution in [2.45, 2.75) is 65.1 Å². The molecule has 4 heteroatoms. The second-order valence-corrected chi connectivity index (χ2v) is 11.7. The number of ether oxygens (including phenoxy) is 1. The molecule has 1 heterocycles. The van der Waals surface area contributed by atoms with Crippen molar-refractivity contribution in [3.05, 3.63) is 0 Å². The minimum absolute atomic E-state index is 0.102. The summed E-state index contributed by atoms with van der Waals surface area (Å²) < 4.78 is 11.5. The lowest BCUT2D eigenvalue weighted by atomic mass is 9.90. The first-order valence-electron chi connectivity index (χ1n) is 5.95. The third kappa shape index (κ3) is 2.67. The topological polar surface area (TPSA) is 38.7 Å². The minimum Gasteiger partial charge on any atom is -0.408 e. The highest BCUT2D eigenvalue weighted by Gasteiger charge is 2.49. The van der Waals surface area contributed by atoms with Crippen molar-refractivity contribution in [3.63, 3.8) is 0 Å². The number of hydrogen-bond donors (Lipinski definition) is 1. The molecule has 1 unspecified atom stereocenters. The van der Waals surface area contributed by atoms with Gasteiger partial charge in [0.2, 0.25) is 0 Å². The zero-order chi connectivity index (χ0) is 12.8. The molecule has 0 saturated carbocycles. The van der Waals surface area contributed by atoms with Gasteiger partial charge >= 0.3 is 0 Å². The minimum atomic E-state index is -1.84. The quantitative estimate of drug-likeness (QED) is 0.761. The van der Waals surface area contributed by atoms with E-state index < -0.39 is 14.6 Å². The Hall–Kier alpha value is 0.0969. The van der Waals surface area contributed by atoms with E-state index in [9.17, 15) is 5.11 Å². The molecule has 0 aromatic carbocycles. The first-order valence-corrected chi connectivity index (χ1v) is 8.86. The normalized spacial score (nSPS) is 30.8. The summed E-state index contributed by atoms with van der Waals surface area (Å²) in [5, 5.41) is 9.99. The van der Waals surface area contributed by atoms with E-state index in [0.29, 0.717) is 6.61 Å². The van der Waals surface area contributed by atoms with Crippen LogP contribution in [0.5, 0.6) is 0 Å². The molecule has 0 aromatic rings. The van der Waals surface area contributed by atoms with Crippen LogP contribution < -0.4 is 0 Å². The van der Waals surface area contributed by atoms with E-state index in [-0.39, 0.29) is 16.6 Å². The summed E-state index contributed by atoms with van der Waals surface area (Å²) in [4.78, 5) is 0.